The molecule has 1 amide bonds. The van der Waals surface area contributed by atoms with E-state index in [4.69, 9.17) is 25.2 Å². The third-order valence-corrected chi connectivity index (χ3v) is 5.27. The van der Waals surface area contributed by atoms with Crippen LogP contribution in [-0.2, 0) is 17.9 Å². The van der Waals surface area contributed by atoms with Gasteiger partial charge in [0.25, 0.3) is 11.1 Å². The number of halogens is 2. The molecule has 2 aromatic carbocycles. The number of furan rings is 1. The summed E-state index contributed by atoms with van der Waals surface area (Å²) in [6.07, 6.45) is 0. The van der Waals surface area contributed by atoms with Crippen molar-refractivity contribution in [2.75, 3.05) is 5.75 Å². The van der Waals surface area contributed by atoms with Crippen molar-refractivity contribution in [3.63, 3.8) is 0 Å². The second-order valence-electron chi connectivity index (χ2n) is 6.54. The van der Waals surface area contributed by atoms with E-state index in [0.717, 1.165) is 17.3 Å². The average Bonchev–Trinajstić information content (AvgIpc) is 3.46. The molecule has 1 N–H and O–H groups in total. The first kappa shape index (κ1) is 21.9. The summed E-state index contributed by atoms with van der Waals surface area (Å²) in [5.74, 6) is 1.61. The second-order valence-corrected chi connectivity index (χ2v) is 7.91. The first-order valence-corrected chi connectivity index (χ1v) is 10.9. The third kappa shape index (κ3) is 6.12. The zero-order chi connectivity index (χ0) is 22.3. The van der Waals surface area contributed by atoms with Crippen molar-refractivity contribution in [2.45, 2.75) is 18.4 Å². The van der Waals surface area contributed by atoms with Gasteiger partial charge in [0, 0.05) is 10.6 Å². The highest BCUT2D eigenvalue weighted by atomic mass is 35.5. The van der Waals surface area contributed by atoms with Gasteiger partial charge in [0.2, 0.25) is 5.91 Å². The smallest absolute Gasteiger partial charge is 0.277 e. The maximum atomic E-state index is 12.9. The summed E-state index contributed by atoms with van der Waals surface area (Å²) in [6, 6.07) is 16.6. The molecule has 0 radical (unpaired) electrons. The van der Waals surface area contributed by atoms with Gasteiger partial charge >= 0.3 is 0 Å². The van der Waals surface area contributed by atoms with E-state index in [2.05, 4.69) is 15.5 Å². The number of hydrogen-bond donors (Lipinski definition) is 1. The topological polar surface area (TPSA) is 90.4 Å². The normalized spacial score (nSPS) is 10.8. The monoisotopic (exact) mass is 473 g/mol. The van der Waals surface area contributed by atoms with Crippen LogP contribution < -0.4 is 10.1 Å². The second kappa shape index (κ2) is 10.3. The Morgan fingerprint density at radius 3 is 2.59 bits per heavy atom. The molecule has 0 bridgehead atoms. The summed E-state index contributed by atoms with van der Waals surface area (Å²) < 4.78 is 29.5. The number of nitrogens with one attached hydrogen (secondary N) is 1. The molecule has 164 valence electrons. The van der Waals surface area contributed by atoms with Crippen molar-refractivity contribution in [1.82, 2.24) is 15.5 Å². The van der Waals surface area contributed by atoms with E-state index in [0.29, 0.717) is 22.3 Å². The Morgan fingerprint density at radius 1 is 1.03 bits per heavy atom. The van der Waals surface area contributed by atoms with Crippen LogP contribution in [0.15, 0.2) is 74.7 Å². The lowest BCUT2D eigenvalue weighted by Gasteiger charge is -2.02. The number of amides is 1. The number of ether oxygens (including phenoxy) is 1. The summed E-state index contributed by atoms with van der Waals surface area (Å²) in [5.41, 5.74) is 0.901. The number of benzene rings is 2. The van der Waals surface area contributed by atoms with Crippen LogP contribution in [0.4, 0.5) is 4.39 Å². The quantitative estimate of drug-likeness (QED) is 0.338. The van der Waals surface area contributed by atoms with E-state index in [1.807, 2.05) is 24.3 Å². The Labute approximate surface area is 191 Å². The third-order valence-electron chi connectivity index (χ3n) is 4.20. The Hall–Kier alpha value is -3.30. The van der Waals surface area contributed by atoms with Crippen LogP contribution in [0.5, 0.6) is 5.75 Å². The lowest BCUT2D eigenvalue weighted by atomic mass is 10.2. The molecule has 0 aliphatic rings. The number of carbonyl (C=O) groups is 1. The largest absolute Gasteiger partial charge is 0.484 e. The summed E-state index contributed by atoms with van der Waals surface area (Å²) in [6.45, 7) is 0.299. The SMILES string of the molecule is O=C(CSc1nnc(COc2ccc(F)cc2)o1)NCc1ccc(-c2ccc(Cl)cc2)o1. The van der Waals surface area contributed by atoms with Gasteiger partial charge in [0.1, 0.15) is 23.1 Å². The fourth-order valence-electron chi connectivity index (χ4n) is 2.64. The van der Waals surface area contributed by atoms with Gasteiger partial charge in [0.05, 0.1) is 12.3 Å². The van der Waals surface area contributed by atoms with Crippen molar-refractivity contribution in [3.05, 3.63) is 83.2 Å². The van der Waals surface area contributed by atoms with Gasteiger partial charge in [-0.25, -0.2) is 4.39 Å². The Morgan fingerprint density at radius 2 is 1.81 bits per heavy atom. The molecular weight excluding hydrogens is 457 g/mol. The van der Waals surface area contributed by atoms with Crippen molar-refractivity contribution in [3.8, 4) is 17.1 Å². The van der Waals surface area contributed by atoms with E-state index in [1.54, 1.807) is 12.1 Å². The molecule has 2 aromatic heterocycles. The number of aromatic nitrogens is 2. The predicted molar refractivity (Wildman–Crippen MR) is 117 cm³/mol. The molecule has 0 aliphatic carbocycles. The first-order valence-electron chi connectivity index (χ1n) is 9.50. The first-order chi connectivity index (χ1) is 15.5. The summed E-state index contributed by atoms with van der Waals surface area (Å²) in [5, 5.41) is 11.4. The van der Waals surface area contributed by atoms with Crippen LogP contribution in [0.2, 0.25) is 5.02 Å². The van der Waals surface area contributed by atoms with E-state index >= 15 is 0 Å². The van der Waals surface area contributed by atoms with Crippen LogP contribution in [0.25, 0.3) is 11.3 Å². The van der Waals surface area contributed by atoms with Crippen molar-refractivity contribution < 1.29 is 22.8 Å². The molecule has 4 rings (SSSR count). The van der Waals surface area contributed by atoms with Crippen LogP contribution in [0.3, 0.4) is 0 Å². The predicted octanol–water partition coefficient (Wildman–Crippen LogP) is 5.11. The molecule has 0 fully saturated rings. The molecule has 10 heteroatoms. The Balaban J connectivity index is 1.20. The maximum Gasteiger partial charge on any atom is 0.277 e. The van der Waals surface area contributed by atoms with Crippen LogP contribution in [0.1, 0.15) is 11.7 Å². The van der Waals surface area contributed by atoms with Crippen LogP contribution in [-0.4, -0.2) is 21.9 Å². The van der Waals surface area contributed by atoms with Gasteiger partial charge in [-0.15, -0.1) is 10.2 Å². The van der Waals surface area contributed by atoms with Crippen molar-refractivity contribution in [2.24, 2.45) is 0 Å². The minimum absolute atomic E-state index is 0.0415. The Bertz CT molecular complexity index is 1180. The fourth-order valence-corrected chi connectivity index (χ4v) is 3.37. The summed E-state index contributed by atoms with van der Waals surface area (Å²) >= 11 is 7.01. The molecule has 32 heavy (non-hydrogen) atoms. The molecule has 7 nitrogen and oxygen atoms in total. The molecule has 0 unspecified atom stereocenters. The highest BCUT2D eigenvalue weighted by Gasteiger charge is 2.11. The van der Waals surface area contributed by atoms with Gasteiger partial charge in [-0.3, -0.25) is 4.79 Å². The lowest BCUT2D eigenvalue weighted by Crippen LogP contribution is -2.24. The standard InChI is InChI=1S/C22H17ClFN3O4S/c23-15-3-1-14(2-4-15)19-10-9-18(30-19)11-25-20(28)13-32-22-27-26-21(31-22)12-29-17-7-5-16(24)6-8-17/h1-10H,11-13H2,(H,25,28). The number of thioether (sulfide) groups is 1. The van der Waals surface area contributed by atoms with E-state index < -0.39 is 0 Å². The highest BCUT2D eigenvalue weighted by molar-refractivity contribution is 7.99. The molecule has 2 heterocycles. The number of rotatable bonds is 9. The van der Waals surface area contributed by atoms with Crippen molar-refractivity contribution in [1.29, 1.82) is 0 Å². The molecule has 0 saturated heterocycles. The van der Waals surface area contributed by atoms with Crippen LogP contribution in [0, 0.1) is 5.82 Å². The van der Waals surface area contributed by atoms with Gasteiger partial charge in [0.15, 0.2) is 6.61 Å². The Kier molecular flexibility index (Phi) is 7.08. The number of carbonyl (C=O) groups excluding carboxylic acids is 1. The molecular formula is C22H17ClFN3O4S. The molecule has 0 spiro atoms. The minimum atomic E-state index is -0.346. The van der Waals surface area contributed by atoms with Crippen molar-refractivity contribution >= 4 is 29.3 Å². The summed E-state index contributed by atoms with van der Waals surface area (Å²) in [4.78, 5) is 12.1. The van der Waals surface area contributed by atoms with Gasteiger partial charge < -0.3 is 18.9 Å². The molecule has 0 atom stereocenters. The van der Waals surface area contributed by atoms with E-state index in [-0.39, 0.29) is 41.7 Å². The zero-order valence-corrected chi connectivity index (χ0v) is 18.2. The van der Waals surface area contributed by atoms with E-state index in [9.17, 15) is 9.18 Å². The summed E-state index contributed by atoms with van der Waals surface area (Å²) in [7, 11) is 0. The number of nitrogens with zero attached hydrogens (tertiary/aromatic N) is 2. The van der Waals surface area contributed by atoms with Gasteiger partial charge in [-0.2, -0.15) is 0 Å². The lowest BCUT2D eigenvalue weighted by molar-refractivity contribution is -0.118. The fraction of sp³-hybridized carbons (Fsp3) is 0.136. The maximum absolute atomic E-state index is 12.9. The highest BCUT2D eigenvalue weighted by Crippen LogP contribution is 2.24. The average molecular weight is 474 g/mol. The van der Waals surface area contributed by atoms with E-state index in [1.165, 1.54) is 24.3 Å². The van der Waals surface area contributed by atoms with Gasteiger partial charge in [-0.05, 0) is 60.7 Å². The molecule has 0 aliphatic heterocycles. The molecule has 0 saturated carbocycles. The number of hydrogen-bond acceptors (Lipinski definition) is 7. The molecule has 4 aromatic rings. The van der Waals surface area contributed by atoms with Gasteiger partial charge in [-0.1, -0.05) is 23.4 Å². The van der Waals surface area contributed by atoms with Crippen LogP contribution >= 0.6 is 23.4 Å². The minimum Gasteiger partial charge on any atom is -0.484 e. The zero-order valence-electron chi connectivity index (χ0n) is 16.6.